The van der Waals surface area contributed by atoms with Crippen molar-refractivity contribution in [1.82, 2.24) is 31.3 Å². The largest absolute Gasteiger partial charge is 0.444 e. The summed E-state index contributed by atoms with van der Waals surface area (Å²) < 4.78 is 5.34. The second kappa shape index (κ2) is 15.1. The van der Waals surface area contributed by atoms with Crippen molar-refractivity contribution in [2.75, 3.05) is 17.6 Å². The minimum atomic E-state index is -0.821. The molecule has 1 saturated carbocycles. The van der Waals surface area contributed by atoms with Gasteiger partial charge in [0.1, 0.15) is 11.6 Å². The summed E-state index contributed by atoms with van der Waals surface area (Å²) in [6.45, 7) is 8.02. The van der Waals surface area contributed by atoms with Crippen LogP contribution in [0.2, 0.25) is 0 Å². The zero-order chi connectivity index (χ0) is 34.3. The van der Waals surface area contributed by atoms with Crippen molar-refractivity contribution in [3.63, 3.8) is 0 Å². The van der Waals surface area contributed by atoms with Crippen molar-refractivity contribution >= 4 is 29.3 Å². The SMILES string of the molecule is Cc1ccc(N)cc1-c1cccc(C[C@H](NC(=O)C2CCC(CNC(=O)OC(C)(C)C)CC2)C(=O)Nc2ccc(-c3nn[nH]n3)cc2)c1. The van der Waals surface area contributed by atoms with Crippen molar-refractivity contribution in [1.29, 1.82) is 0 Å². The molecule has 1 heterocycles. The van der Waals surface area contributed by atoms with Crippen LogP contribution in [-0.2, 0) is 20.7 Å². The van der Waals surface area contributed by atoms with Gasteiger partial charge in [-0.05, 0) is 123 Å². The van der Waals surface area contributed by atoms with Gasteiger partial charge >= 0.3 is 6.09 Å². The van der Waals surface area contributed by atoms with Crippen molar-refractivity contribution in [2.45, 2.75) is 71.4 Å². The summed E-state index contributed by atoms with van der Waals surface area (Å²) in [5.41, 5.74) is 11.5. The van der Waals surface area contributed by atoms with Gasteiger partial charge in [0.15, 0.2) is 0 Å². The van der Waals surface area contributed by atoms with Gasteiger partial charge in [-0.3, -0.25) is 9.59 Å². The Labute approximate surface area is 280 Å². The molecule has 0 bridgehead atoms. The molecule has 0 saturated heterocycles. The number of carbonyl (C=O) groups excluding carboxylic acids is 3. The van der Waals surface area contributed by atoms with Crippen molar-refractivity contribution in [3.8, 4) is 22.5 Å². The van der Waals surface area contributed by atoms with Crippen molar-refractivity contribution in [3.05, 3.63) is 77.9 Å². The number of carbonyl (C=O) groups is 3. The highest BCUT2D eigenvalue weighted by molar-refractivity contribution is 5.97. The molecule has 6 N–H and O–H groups in total. The molecule has 0 unspecified atom stereocenters. The van der Waals surface area contributed by atoms with Crippen LogP contribution in [-0.4, -0.2) is 56.7 Å². The molecule has 0 aliphatic heterocycles. The molecule has 48 heavy (non-hydrogen) atoms. The van der Waals surface area contributed by atoms with Gasteiger partial charge in [-0.25, -0.2) is 4.79 Å². The maximum Gasteiger partial charge on any atom is 0.407 e. The third-order valence-corrected chi connectivity index (χ3v) is 8.48. The van der Waals surface area contributed by atoms with E-state index < -0.39 is 17.7 Å². The van der Waals surface area contributed by atoms with Crippen LogP contribution in [0.15, 0.2) is 66.7 Å². The Hall–Kier alpha value is -5.26. The maximum atomic E-state index is 13.8. The highest BCUT2D eigenvalue weighted by Gasteiger charge is 2.30. The first-order chi connectivity index (χ1) is 22.9. The van der Waals surface area contributed by atoms with E-state index in [1.165, 1.54) is 0 Å². The average molecular weight is 653 g/mol. The minimum Gasteiger partial charge on any atom is -0.444 e. The second-order valence-electron chi connectivity index (χ2n) is 13.4. The summed E-state index contributed by atoms with van der Waals surface area (Å²) in [7, 11) is 0. The lowest BCUT2D eigenvalue weighted by Gasteiger charge is -2.29. The maximum absolute atomic E-state index is 13.8. The fraction of sp³-hybridized carbons (Fsp3) is 0.389. The first-order valence-corrected chi connectivity index (χ1v) is 16.3. The molecule has 252 valence electrons. The Bertz CT molecular complexity index is 1710. The second-order valence-corrected chi connectivity index (χ2v) is 13.4. The van der Waals surface area contributed by atoms with Crippen molar-refractivity contribution in [2.24, 2.45) is 11.8 Å². The number of H-pyrrole nitrogens is 1. The predicted octanol–water partition coefficient (Wildman–Crippen LogP) is 5.42. The minimum absolute atomic E-state index is 0.149. The van der Waals surface area contributed by atoms with Gasteiger partial charge in [0.05, 0.1) is 0 Å². The van der Waals surface area contributed by atoms with Crippen LogP contribution in [0.3, 0.4) is 0 Å². The highest BCUT2D eigenvalue weighted by atomic mass is 16.6. The summed E-state index contributed by atoms with van der Waals surface area (Å²) in [6, 6.07) is 20.1. The number of nitrogens with two attached hydrogens (primary N) is 1. The zero-order valence-electron chi connectivity index (χ0n) is 27.9. The van der Waals surface area contributed by atoms with Gasteiger partial charge < -0.3 is 26.4 Å². The predicted molar refractivity (Wildman–Crippen MR) is 185 cm³/mol. The van der Waals surface area contributed by atoms with E-state index in [2.05, 4.69) is 36.6 Å². The van der Waals surface area contributed by atoms with Gasteiger partial charge in [0, 0.05) is 35.8 Å². The van der Waals surface area contributed by atoms with E-state index >= 15 is 0 Å². The number of aryl methyl sites for hydroxylation is 1. The Morgan fingerprint density at radius 2 is 1.73 bits per heavy atom. The Kier molecular flexibility index (Phi) is 10.7. The first kappa shape index (κ1) is 34.1. The summed E-state index contributed by atoms with van der Waals surface area (Å²) >= 11 is 0. The number of amides is 3. The third-order valence-electron chi connectivity index (χ3n) is 8.48. The molecule has 0 radical (unpaired) electrons. The number of rotatable bonds is 10. The molecule has 3 aromatic carbocycles. The molecule has 1 atom stereocenters. The van der Waals surface area contributed by atoms with E-state index in [0.717, 1.165) is 40.7 Å². The summed E-state index contributed by atoms with van der Waals surface area (Å²) in [4.78, 5) is 39.5. The van der Waals surface area contributed by atoms with E-state index in [1.54, 1.807) is 24.3 Å². The standard InChI is InChI=1S/C36H44N8O4/c1-22-8-15-28(37)20-30(22)27-7-5-6-24(18-27)19-31(34(46)39-29-16-13-25(14-17-29)32-41-43-44-42-32)40-33(45)26-11-9-23(10-12-26)21-38-35(47)48-36(2,3)4/h5-8,13-18,20,23,26,31H,9-12,19,21,37H2,1-4H3,(H,38,47)(H,39,46)(H,40,45)(H,41,42,43,44)/t23?,26?,31-/m0/s1. The lowest BCUT2D eigenvalue weighted by atomic mass is 9.81. The number of anilines is 2. The Balaban J connectivity index is 1.27. The number of alkyl carbamates (subject to hydrolysis) is 1. The molecule has 1 aliphatic carbocycles. The number of ether oxygens (including phenoxy) is 1. The smallest absolute Gasteiger partial charge is 0.407 e. The van der Waals surface area contributed by atoms with E-state index in [-0.39, 0.29) is 23.7 Å². The molecule has 1 fully saturated rings. The molecular weight excluding hydrogens is 608 g/mol. The molecule has 5 rings (SSSR count). The fourth-order valence-corrected chi connectivity index (χ4v) is 5.94. The highest BCUT2D eigenvalue weighted by Crippen LogP contribution is 2.30. The topological polar surface area (TPSA) is 177 Å². The molecular formula is C36H44N8O4. The van der Waals surface area contributed by atoms with Gasteiger partial charge in [0.25, 0.3) is 0 Å². The molecule has 12 nitrogen and oxygen atoms in total. The number of nitrogen functional groups attached to an aromatic ring is 1. The lowest BCUT2D eigenvalue weighted by molar-refractivity contribution is -0.130. The van der Waals surface area contributed by atoms with Crippen LogP contribution >= 0.6 is 0 Å². The van der Waals surface area contributed by atoms with Crippen LogP contribution in [0.25, 0.3) is 22.5 Å². The average Bonchev–Trinajstić information content (AvgIpc) is 3.60. The van der Waals surface area contributed by atoms with Crippen molar-refractivity contribution < 1.29 is 19.1 Å². The van der Waals surface area contributed by atoms with E-state index in [9.17, 15) is 14.4 Å². The van der Waals surface area contributed by atoms with Crippen LogP contribution in [0.1, 0.15) is 57.6 Å². The number of hydrogen-bond donors (Lipinski definition) is 5. The van der Waals surface area contributed by atoms with E-state index in [4.69, 9.17) is 10.5 Å². The van der Waals surface area contributed by atoms with Gasteiger partial charge in [-0.15, -0.1) is 10.2 Å². The number of tetrazole rings is 1. The van der Waals surface area contributed by atoms with Crippen LogP contribution in [0.4, 0.5) is 16.2 Å². The van der Waals surface area contributed by atoms with Gasteiger partial charge in [-0.2, -0.15) is 5.21 Å². The lowest BCUT2D eigenvalue weighted by Crippen LogP contribution is -2.48. The molecule has 3 amide bonds. The van der Waals surface area contributed by atoms with Gasteiger partial charge in [-0.1, -0.05) is 30.3 Å². The van der Waals surface area contributed by atoms with Crippen LogP contribution in [0.5, 0.6) is 0 Å². The first-order valence-electron chi connectivity index (χ1n) is 16.3. The van der Waals surface area contributed by atoms with Gasteiger partial charge in [0.2, 0.25) is 17.6 Å². The quantitative estimate of drug-likeness (QED) is 0.141. The van der Waals surface area contributed by atoms with Crippen LogP contribution < -0.4 is 21.7 Å². The monoisotopic (exact) mass is 652 g/mol. The molecule has 0 spiro atoms. The summed E-state index contributed by atoms with van der Waals surface area (Å²) in [6.07, 6.45) is 2.78. The summed E-state index contributed by atoms with van der Waals surface area (Å²) in [5, 5.41) is 22.9. The molecule has 4 aromatic rings. The molecule has 1 aliphatic rings. The van der Waals surface area contributed by atoms with Crippen LogP contribution in [0, 0.1) is 18.8 Å². The summed E-state index contributed by atoms with van der Waals surface area (Å²) in [5.74, 6) is 0.00647. The molecule has 12 heteroatoms. The molecule has 1 aromatic heterocycles. The zero-order valence-corrected chi connectivity index (χ0v) is 27.9. The number of nitrogens with zero attached hydrogens (tertiary/aromatic N) is 3. The number of aromatic amines is 1. The number of hydrogen-bond acceptors (Lipinski definition) is 8. The Morgan fingerprint density at radius 3 is 2.42 bits per heavy atom. The number of nitrogens with one attached hydrogen (secondary N) is 4. The number of aromatic nitrogens is 4. The van der Waals surface area contributed by atoms with E-state index in [0.29, 0.717) is 43.0 Å². The number of benzene rings is 3. The normalized spacial score (nSPS) is 16.8. The Morgan fingerprint density at radius 1 is 0.979 bits per heavy atom. The third kappa shape index (κ3) is 9.40. The van der Waals surface area contributed by atoms with E-state index in [1.807, 2.05) is 70.2 Å². The fourth-order valence-electron chi connectivity index (χ4n) is 5.94.